The standard InChI is InChI=1S/C15H19N3O5/c1-10(14(16)19)23-15(20)11-5-6-12(13(9-11)18(21)22)17-7-3-2-4-8-17/h5-6,9-10H,2-4,7-8H2,1H3,(H2,16,19). The van der Waals surface area contributed by atoms with Crippen LogP contribution in [0.15, 0.2) is 18.2 Å². The van der Waals surface area contributed by atoms with Crippen LogP contribution in [0.3, 0.4) is 0 Å². The average Bonchev–Trinajstić information content (AvgIpc) is 2.54. The van der Waals surface area contributed by atoms with E-state index in [1.54, 1.807) is 6.07 Å². The molecule has 23 heavy (non-hydrogen) atoms. The molecule has 1 heterocycles. The molecule has 1 aliphatic rings. The molecule has 0 bridgehead atoms. The number of nitrogens with two attached hydrogens (primary N) is 1. The second-order valence-corrected chi connectivity index (χ2v) is 5.46. The summed E-state index contributed by atoms with van der Waals surface area (Å²) in [6.07, 6.45) is 1.98. The van der Waals surface area contributed by atoms with Crippen molar-refractivity contribution in [3.05, 3.63) is 33.9 Å². The van der Waals surface area contributed by atoms with Crippen molar-refractivity contribution in [2.24, 2.45) is 5.73 Å². The van der Waals surface area contributed by atoms with Crippen LogP contribution in [0.25, 0.3) is 0 Å². The van der Waals surface area contributed by atoms with Crippen molar-refractivity contribution in [3.63, 3.8) is 0 Å². The topological polar surface area (TPSA) is 116 Å². The van der Waals surface area contributed by atoms with E-state index in [0.717, 1.165) is 32.4 Å². The maximum absolute atomic E-state index is 12.0. The number of hydrogen-bond donors (Lipinski definition) is 1. The molecule has 2 rings (SSSR count). The first-order chi connectivity index (χ1) is 10.9. The van der Waals surface area contributed by atoms with Crippen molar-refractivity contribution in [2.75, 3.05) is 18.0 Å². The average molecular weight is 321 g/mol. The number of amides is 1. The zero-order valence-electron chi connectivity index (χ0n) is 12.9. The van der Waals surface area contributed by atoms with Crippen molar-refractivity contribution in [1.82, 2.24) is 0 Å². The molecule has 1 atom stereocenters. The van der Waals surface area contributed by atoms with Gasteiger partial charge in [-0.1, -0.05) is 0 Å². The lowest BCUT2D eigenvalue weighted by Crippen LogP contribution is -2.31. The smallest absolute Gasteiger partial charge is 0.339 e. The highest BCUT2D eigenvalue weighted by Crippen LogP contribution is 2.31. The molecule has 1 unspecified atom stereocenters. The third kappa shape index (κ3) is 3.97. The van der Waals surface area contributed by atoms with Crippen molar-refractivity contribution >= 4 is 23.3 Å². The first kappa shape index (κ1) is 16.7. The van der Waals surface area contributed by atoms with Crippen molar-refractivity contribution in [1.29, 1.82) is 0 Å². The van der Waals surface area contributed by atoms with Crippen molar-refractivity contribution < 1.29 is 19.2 Å². The minimum absolute atomic E-state index is 0.0190. The van der Waals surface area contributed by atoms with Gasteiger partial charge in [0.25, 0.3) is 11.6 Å². The Balaban J connectivity index is 2.26. The van der Waals surface area contributed by atoms with E-state index < -0.39 is 22.9 Å². The number of nitro groups is 1. The van der Waals surface area contributed by atoms with Crippen LogP contribution in [0, 0.1) is 10.1 Å². The summed E-state index contributed by atoms with van der Waals surface area (Å²) in [5.74, 6) is -1.60. The number of anilines is 1. The first-order valence-corrected chi connectivity index (χ1v) is 7.44. The van der Waals surface area contributed by atoms with E-state index in [1.807, 2.05) is 4.90 Å². The first-order valence-electron chi connectivity index (χ1n) is 7.44. The lowest BCUT2D eigenvalue weighted by atomic mass is 10.1. The molecule has 1 saturated heterocycles. The van der Waals surface area contributed by atoms with E-state index in [4.69, 9.17) is 10.5 Å². The van der Waals surface area contributed by atoms with Crippen LogP contribution >= 0.6 is 0 Å². The van der Waals surface area contributed by atoms with Gasteiger partial charge in [-0.25, -0.2) is 4.79 Å². The van der Waals surface area contributed by atoms with Crippen LogP contribution in [0.5, 0.6) is 0 Å². The summed E-state index contributed by atoms with van der Waals surface area (Å²) in [6.45, 7) is 2.85. The molecular formula is C15H19N3O5. The van der Waals surface area contributed by atoms with Crippen LogP contribution in [-0.2, 0) is 9.53 Å². The summed E-state index contributed by atoms with van der Waals surface area (Å²) in [7, 11) is 0. The van der Waals surface area contributed by atoms with Gasteiger partial charge in [-0.3, -0.25) is 14.9 Å². The van der Waals surface area contributed by atoms with Crippen LogP contribution in [0.1, 0.15) is 36.5 Å². The van der Waals surface area contributed by atoms with Gasteiger partial charge in [-0.2, -0.15) is 0 Å². The number of nitrogens with zero attached hydrogens (tertiary/aromatic N) is 2. The molecule has 0 aromatic heterocycles. The monoisotopic (exact) mass is 321 g/mol. The molecule has 0 aliphatic carbocycles. The minimum Gasteiger partial charge on any atom is -0.449 e. The van der Waals surface area contributed by atoms with Crippen LogP contribution < -0.4 is 10.6 Å². The molecule has 124 valence electrons. The van der Waals surface area contributed by atoms with Crippen molar-refractivity contribution in [3.8, 4) is 0 Å². The highest BCUT2D eigenvalue weighted by molar-refractivity contribution is 5.93. The number of rotatable bonds is 5. The highest BCUT2D eigenvalue weighted by atomic mass is 16.6. The molecule has 8 nitrogen and oxygen atoms in total. The molecule has 1 aromatic carbocycles. The molecule has 1 amide bonds. The number of piperidine rings is 1. The second-order valence-electron chi connectivity index (χ2n) is 5.46. The zero-order chi connectivity index (χ0) is 17.0. The lowest BCUT2D eigenvalue weighted by molar-refractivity contribution is -0.384. The summed E-state index contributed by atoms with van der Waals surface area (Å²) in [4.78, 5) is 35.6. The Morgan fingerprint density at radius 1 is 1.30 bits per heavy atom. The largest absolute Gasteiger partial charge is 0.449 e. The number of primary amides is 1. The van der Waals surface area contributed by atoms with Crippen molar-refractivity contribution in [2.45, 2.75) is 32.3 Å². The van der Waals surface area contributed by atoms with E-state index in [-0.39, 0.29) is 11.3 Å². The van der Waals surface area contributed by atoms with Gasteiger partial charge in [0, 0.05) is 19.2 Å². The summed E-state index contributed by atoms with van der Waals surface area (Å²) >= 11 is 0. The Labute approximate surface area is 133 Å². The summed E-state index contributed by atoms with van der Waals surface area (Å²) < 4.78 is 4.87. The fourth-order valence-corrected chi connectivity index (χ4v) is 2.49. The number of esters is 1. The molecule has 2 N–H and O–H groups in total. The Bertz CT molecular complexity index is 626. The number of ether oxygens (including phenoxy) is 1. The van der Waals surface area contributed by atoms with E-state index in [2.05, 4.69) is 0 Å². The Morgan fingerprint density at radius 3 is 2.52 bits per heavy atom. The normalized spacial score (nSPS) is 15.8. The Kier molecular flexibility index (Phi) is 5.15. The predicted octanol–water partition coefficient (Wildman–Crippen LogP) is 1.62. The van der Waals surface area contributed by atoms with Gasteiger partial charge in [-0.05, 0) is 38.3 Å². The fraction of sp³-hybridized carbons (Fsp3) is 0.467. The molecule has 0 saturated carbocycles. The number of carbonyl (C=O) groups excluding carboxylic acids is 2. The number of nitro benzene ring substituents is 1. The fourth-order valence-electron chi connectivity index (χ4n) is 2.49. The number of carbonyl (C=O) groups is 2. The zero-order valence-corrected chi connectivity index (χ0v) is 12.9. The maximum atomic E-state index is 12.0. The second kappa shape index (κ2) is 7.08. The third-order valence-electron chi connectivity index (χ3n) is 3.79. The maximum Gasteiger partial charge on any atom is 0.339 e. The summed E-state index contributed by atoms with van der Waals surface area (Å²) in [5, 5.41) is 11.3. The van der Waals surface area contributed by atoms with E-state index >= 15 is 0 Å². The third-order valence-corrected chi connectivity index (χ3v) is 3.79. The SMILES string of the molecule is CC(OC(=O)c1ccc(N2CCCCC2)c([N+](=O)[O-])c1)C(N)=O. The Hall–Kier alpha value is -2.64. The number of benzene rings is 1. The van der Waals surface area contributed by atoms with Crippen LogP contribution in [-0.4, -0.2) is 36.0 Å². The van der Waals surface area contributed by atoms with Gasteiger partial charge >= 0.3 is 5.97 Å². The van der Waals surface area contributed by atoms with Crippen LogP contribution in [0.4, 0.5) is 11.4 Å². The predicted molar refractivity (Wildman–Crippen MR) is 83.2 cm³/mol. The van der Waals surface area contributed by atoms with E-state index in [0.29, 0.717) is 5.69 Å². The lowest BCUT2D eigenvalue weighted by Gasteiger charge is -2.28. The minimum atomic E-state index is -1.09. The summed E-state index contributed by atoms with van der Waals surface area (Å²) in [6, 6.07) is 4.20. The molecule has 0 spiro atoms. The van der Waals surface area contributed by atoms with Gasteiger partial charge in [0.1, 0.15) is 5.69 Å². The quantitative estimate of drug-likeness (QED) is 0.500. The molecule has 0 radical (unpaired) electrons. The molecular weight excluding hydrogens is 302 g/mol. The Morgan fingerprint density at radius 2 is 1.96 bits per heavy atom. The van der Waals surface area contributed by atoms with Gasteiger partial charge in [0.15, 0.2) is 6.10 Å². The highest BCUT2D eigenvalue weighted by Gasteiger charge is 2.24. The van der Waals surface area contributed by atoms with E-state index in [1.165, 1.54) is 19.1 Å². The van der Waals surface area contributed by atoms with Crippen LogP contribution in [0.2, 0.25) is 0 Å². The molecule has 8 heteroatoms. The molecule has 1 aliphatic heterocycles. The summed E-state index contributed by atoms with van der Waals surface area (Å²) in [5.41, 5.74) is 5.40. The molecule has 1 fully saturated rings. The van der Waals surface area contributed by atoms with Gasteiger partial charge in [-0.15, -0.1) is 0 Å². The molecule has 1 aromatic rings. The van der Waals surface area contributed by atoms with E-state index in [9.17, 15) is 19.7 Å². The van der Waals surface area contributed by atoms with Gasteiger partial charge in [0.2, 0.25) is 0 Å². The van der Waals surface area contributed by atoms with Gasteiger partial charge in [0.05, 0.1) is 10.5 Å². The number of hydrogen-bond acceptors (Lipinski definition) is 6. The van der Waals surface area contributed by atoms with Gasteiger partial charge < -0.3 is 15.4 Å².